The fourth-order valence-electron chi connectivity index (χ4n) is 1.65. The Hall–Kier alpha value is -1.68. The largest absolute Gasteiger partial charge is 0.497 e. The van der Waals surface area contributed by atoms with Gasteiger partial charge in [0.25, 0.3) is 0 Å². The van der Waals surface area contributed by atoms with Gasteiger partial charge in [0.05, 0.1) is 12.8 Å². The lowest BCUT2D eigenvalue weighted by molar-refractivity contribution is 0.415. The molecule has 2 aromatic carbocycles. The number of nitrogens with one attached hydrogen (secondary N) is 1. The van der Waals surface area contributed by atoms with Gasteiger partial charge in [-0.25, -0.2) is 0 Å². The number of hydrogen-bond donors (Lipinski definition) is 2. The van der Waals surface area contributed by atoms with Crippen molar-refractivity contribution < 1.29 is 4.74 Å². The highest BCUT2D eigenvalue weighted by Crippen LogP contribution is 2.27. The maximum Gasteiger partial charge on any atom is 0.121 e. The molecule has 0 saturated carbocycles. The molecule has 0 aliphatic carbocycles. The molecule has 3 N–H and O–H groups in total. The van der Waals surface area contributed by atoms with E-state index in [-0.39, 0.29) is 0 Å². The summed E-state index contributed by atoms with van der Waals surface area (Å²) in [7, 11) is 1.65. The minimum atomic E-state index is 0.679. The molecule has 3 nitrogen and oxygen atoms in total. The SMILES string of the molecule is COc1ccc(Br)c(NCc2ccccc2N)c1. The standard InChI is InChI=1S/C14H15BrN2O/c1-18-11-6-7-12(15)14(8-11)17-9-10-4-2-3-5-13(10)16/h2-8,17H,9,16H2,1H3. The lowest BCUT2D eigenvalue weighted by Gasteiger charge is -2.11. The van der Waals surface area contributed by atoms with E-state index in [9.17, 15) is 0 Å². The monoisotopic (exact) mass is 306 g/mol. The second kappa shape index (κ2) is 5.78. The zero-order valence-electron chi connectivity index (χ0n) is 10.1. The van der Waals surface area contributed by atoms with E-state index in [0.717, 1.165) is 27.2 Å². The Morgan fingerprint density at radius 3 is 2.72 bits per heavy atom. The van der Waals surface area contributed by atoms with Crippen LogP contribution in [0.15, 0.2) is 46.9 Å². The van der Waals surface area contributed by atoms with Crippen LogP contribution in [-0.2, 0) is 6.54 Å². The third kappa shape index (κ3) is 2.96. The average Bonchev–Trinajstić information content (AvgIpc) is 2.39. The Bertz CT molecular complexity index is 543. The molecule has 94 valence electrons. The fourth-order valence-corrected chi connectivity index (χ4v) is 2.04. The molecule has 0 amide bonds. The summed E-state index contributed by atoms with van der Waals surface area (Å²) in [5.74, 6) is 0.821. The van der Waals surface area contributed by atoms with E-state index in [2.05, 4.69) is 21.2 Å². The highest BCUT2D eigenvalue weighted by molar-refractivity contribution is 9.10. The van der Waals surface area contributed by atoms with E-state index in [1.54, 1.807) is 7.11 Å². The second-order valence-electron chi connectivity index (χ2n) is 3.90. The molecule has 0 bridgehead atoms. The smallest absolute Gasteiger partial charge is 0.121 e. The molecule has 0 radical (unpaired) electrons. The number of methoxy groups -OCH3 is 1. The van der Waals surface area contributed by atoms with Crippen molar-refractivity contribution in [2.24, 2.45) is 0 Å². The van der Waals surface area contributed by atoms with Gasteiger partial charge in [-0.15, -0.1) is 0 Å². The molecule has 0 unspecified atom stereocenters. The second-order valence-corrected chi connectivity index (χ2v) is 4.75. The normalized spacial score (nSPS) is 10.1. The maximum atomic E-state index is 5.90. The van der Waals surface area contributed by atoms with E-state index in [0.29, 0.717) is 6.54 Å². The van der Waals surface area contributed by atoms with Crippen molar-refractivity contribution in [3.8, 4) is 5.75 Å². The lowest BCUT2D eigenvalue weighted by atomic mass is 10.2. The van der Waals surface area contributed by atoms with Gasteiger partial charge in [0, 0.05) is 22.8 Å². The van der Waals surface area contributed by atoms with Gasteiger partial charge in [-0.2, -0.15) is 0 Å². The third-order valence-electron chi connectivity index (χ3n) is 2.70. The van der Waals surface area contributed by atoms with Gasteiger partial charge in [0.1, 0.15) is 5.75 Å². The van der Waals surface area contributed by atoms with Gasteiger partial charge in [-0.3, -0.25) is 0 Å². The third-order valence-corrected chi connectivity index (χ3v) is 3.39. The van der Waals surface area contributed by atoms with Crippen molar-refractivity contribution in [1.82, 2.24) is 0 Å². The minimum absolute atomic E-state index is 0.679. The van der Waals surface area contributed by atoms with Crippen LogP contribution in [0.3, 0.4) is 0 Å². The molecule has 0 saturated heterocycles. The van der Waals surface area contributed by atoms with Gasteiger partial charge in [-0.1, -0.05) is 18.2 Å². The zero-order valence-corrected chi connectivity index (χ0v) is 11.7. The fraction of sp³-hybridized carbons (Fsp3) is 0.143. The number of anilines is 2. The van der Waals surface area contributed by atoms with Crippen LogP contribution in [0.5, 0.6) is 5.75 Å². The van der Waals surface area contributed by atoms with Crippen LogP contribution in [-0.4, -0.2) is 7.11 Å². The molecule has 0 atom stereocenters. The van der Waals surface area contributed by atoms with Crippen molar-refractivity contribution in [3.63, 3.8) is 0 Å². The summed E-state index contributed by atoms with van der Waals surface area (Å²) in [6, 6.07) is 13.6. The van der Waals surface area contributed by atoms with Crippen LogP contribution >= 0.6 is 15.9 Å². The number of benzene rings is 2. The Morgan fingerprint density at radius 2 is 2.00 bits per heavy atom. The lowest BCUT2D eigenvalue weighted by Crippen LogP contribution is -2.03. The van der Waals surface area contributed by atoms with Gasteiger partial charge < -0.3 is 15.8 Å². The summed E-state index contributed by atoms with van der Waals surface area (Å²) in [6.45, 7) is 0.679. The summed E-state index contributed by atoms with van der Waals surface area (Å²) in [4.78, 5) is 0. The predicted octanol–water partition coefficient (Wildman–Crippen LogP) is 3.65. The number of nitrogen functional groups attached to an aromatic ring is 1. The van der Waals surface area contributed by atoms with E-state index >= 15 is 0 Å². The number of para-hydroxylation sites is 1. The molecule has 18 heavy (non-hydrogen) atoms. The maximum absolute atomic E-state index is 5.90. The van der Waals surface area contributed by atoms with Gasteiger partial charge in [0.15, 0.2) is 0 Å². The molecular formula is C14H15BrN2O. The average molecular weight is 307 g/mol. The van der Waals surface area contributed by atoms with E-state index in [1.165, 1.54) is 0 Å². The molecule has 4 heteroatoms. The Labute approximate surface area is 115 Å². The highest BCUT2D eigenvalue weighted by Gasteiger charge is 2.03. The Balaban J connectivity index is 2.13. The van der Waals surface area contributed by atoms with Crippen LogP contribution in [0.25, 0.3) is 0 Å². The van der Waals surface area contributed by atoms with Crippen LogP contribution in [0.4, 0.5) is 11.4 Å². The van der Waals surface area contributed by atoms with Gasteiger partial charge in [-0.05, 0) is 39.7 Å². The van der Waals surface area contributed by atoms with Crippen molar-refractivity contribution in [1.29, 1.82) is 0 Å². The van der Waals surface area contributed by atoms with Crippen molar-refractivity contribution in [2.45, 2.75) is 6.54 Å². The molecule has 2 rings (SSSR count). The molecule has 0 aliphatic heterocycles. The molecule has 0 heterocycles. The Kier molecular flexibility index (Phi) is 4.10. The summed E-state index contributed by atoms with van der Waals surface area (Å²) in [5.41, 5.74) is 8.76. The quantitative estimate of drug-likeness (QED) is 0.848. The molecule has 0 spiro atoms. The predicted molar refractivity (Wildman–Crippen MR) is 78.9 cm³/mol. The first-order chi connectivity index (χ1) is 8.70. The summed E-state index contributed by atoms with van der Waals surface area (Å²) < 4.78 is 6.20. The molecular weight excluding hydrogens is 292 g/mol. The van der Waals surface area contributed by atoms with Crippen molar-refractivity contribution in [3.05, 3.63) is 52.5 Å². The number of hydrogen-bond acceptors (Lipinski definition) is 3. The van der Waals surface area contributed by atoms with Crippen molar-refractivity contribution >= 4 is 27.3 Å². The Morgan fingerprint density at radius 1 is 1.22 bits per heavy atom. The molecule has 0 aromatic heterocycles. The molecule has 2 aromatic rings. The number of nitrogens with two attached hydrogens (primary N) is 1. The van der Waals surface area contributed by atoms with E-state index in [4.69, 9.17) is 10.5 Å². The van der Waals surface area contributed by atoms with Gasteiger partial charge >= 0.3 is 0 Å². The first-order valence-corrected chi connectivity index (χ1v) is 6.41. The molecule has 0 fully saturated rings. The summed E-state index contributed by atoms with van der Waals surface area (Å²) >= 11 is 3.50. The number of ether oxygens (including phenoxy) is 1. The minimum Gasteiger partial charge on any atom is -0.497 e. The number of halogens is 1. The van der Waals surface area contributed by atoms with Crippen LogP contribution in [0.1, 0.15) is 5.56 Å². The van der Waals surface area contributed by atoms with Crippen LogP contribution < -0.4 is 15.8 Å². The first-order valence-electron chi connectivity index (χ1n) is 5.61. The van der Waals surface area contributed by atoms with Crippen molar-refractivity contribution in [2.75, 3.05) is 18.2 Å². The molecule has 0 aliphatic rings. The zero-order chi connectivity index (χ0) is 13.0. The van der Waals surface area contributed by atoms with E-state index < -0.39 is 0 Å². The topological polar surface area (TPSA) is 47.3 Å². The van der Waals surface area contributed by atoms with Gasteiger partial charge in [0.2, 0.25) is 0 Å². The number of rotatable bonds is 4. The highest BCUT2D eigenvalue weighted by atomic mass is 79.9. The summed E-state index contributed by atoms with van der Waals surface area (Å²) in [5, 5.41) is 3.34. The van der Waals surface area contributed by atoms with Crippen LogP contribution in [0, 0.1) is 0 Å². The van der Waals surface area contributed by atoms with E-state index in [1.807, 2.05) is 42.5 Å². The van der Waals surface area contributed by atoms with Crippen LogP contribution in [0.2, 0.25) is 0 Å². The summed E-state index contributed by atoms with van der Waals surface area (Å²) in [6.07, 6.45) is 0. The first kappa shape index (κ1) is 12.8.